The molecule has 33 heavy (non-hydrogen) atoms. The number of aromatic hydroxyl groups is 1. The SMILES string of the molecule is Cc1c(O)ccc2c(COC(=O)[C@@H]3CC(=O)N(c4cccc(C(F)(F)F)c4)C3)cc(=O)oc12. The Hall–Kier alpha value is -3.82. The number of hydrogen-bond donors (Lipinski definition) is 1. The third kappa shape index (κ3) is 4.41. The Balaban J connectivity index is 1.49. The molecule has 0 unspecified atom stereocenters. The second-order valence-electron chi connectivity index (χ2n) is 7.74. The van der Waals surface area contributed by atoms with Crippen LogP contribution >= 0.6 is 0 Å². The number of carbonyl (C=O) groups is 2. The first kappa shape index (κ1) is 22.4. The van der Waals surface area contributed by atoms with E-state index in [1.807, 2.05) is 0 Å². The summed E-state index contributed by atoms with van der Waals surface area (Å²) in [5.74, 6) is -2.13. The average Bonchev–Trinajstić information content (AvgIpc) is 3.16. The number of hydrogen-bond acceptors (Lipinski definition) is 6. The lowest BCUT2D eigenvalue weighted by Crippen LogP contribution is -2.26. The maximum atomic E-state index is 13.0. The van der Waals surface area contributed by atoms with Crippen LogP contribution in [-0.2, 0) is 27.1 Å². The molecule has 4 rings (SSSR count). The number of fused-ring (bicyclic) bond motifs is 1. The topological polar surface area (TPSA) is 97.0 Å². The van der Waals surface area contributed by atoms with E-state index in [2.05, 4.69) is 0 Å². The quantitative estimate of drug-likeness (QED) is 0.467. The van der Waals surface area contributed by atoms with Gasteiger partial charge in [-0.3, -0.25) is 9.59 Å². The van der Waals surface area contributed by atoms with Gasteiger partial charge in [0.1, 0.15) is 17.9 Å². The molecule has 0 radical (unpaired) electrons. The van der Waals surface area contributed by atoms with Gasteiger partial charge in [-0.1, -0.05) is 6.07 Å². The van der Waals surface area contributed by atoms with E-state index in [0.717, 1.165) is 17.0 Å². The van der Waals surface area contributed by atoms with Gasteiger partial charge >= 0.3 is 17.8 Å². The lowest BCUT2D eigenvalue weighted by atomic mass is 10.1. The van der Waals surface area contributed by atoms with Crippen molar-refractivity contribution in [1.29, 1.82) is 0 Å². The number of rotatable bonds is 4. The fourth-order valence-corrected chi connectivity index (χ4v) is 3.77. The number of amides is 1. The molecule has 2 heterocycles. The fraction of sp³-hybridized carbons (Fsp3) is 0.261. The van der Waals surface area contributed by atoms with Crippen LogP contribution in [0.5, 0.6) is 5.75 Å². The van der Waals surface area contributed by atoms with Crippen molar-refractivity contribution >= 4 is 28.5 Å². The van der Waals surface area contributed by atoms with E-state index in [0.29, 0.717) is 16.5 Å². The average molecular weight is 461 g/mol. The molecule has 2 aromatic carbocycles. The van der Waals surface area contributed by atoms with E-state index in [9.17, 15) is 32.7 Å². The van der Waals surface area contributed by atoms with Gasteiger partial charge in [-0.2, -0.15) is 13.2 Å². The smallest absolute Gasteiger partial charge is 0.416 e. The summed E-state index contributed by atoms with van der Waals surface area (Å²) in [6, 6.07) is 8.44. The second kappa shape index (κ2) is 8.27. The number of benzene rings is 2. The number of nitrogens with zero attached hydrogens (tertiary/aromatic N) is 1. The van der Waals surface area contributed by atoms with Crippen molar-refractivity contribution in [1.82, 2.24) is 0 Å². The van der Waals surface area contributed by atoms with E-state index >= 15 is 0 Å². The highest BCUT2D eigenvalue weighted by molar-refractivity contribution is 5.99. The van der Waals surface area contributed by atoms with Crippen LogP contribution in [0.2, 0.25) is 0 Å². The molecule has 10 heteroatoms. The van der Waals surface area contributed by atoms with Crippen LogP contribution in [0.3, 0.4) is 0 Å². The van der Waals surface area contributed by atoms with Crippen LogP contribution in [0.25, 0.3) is 11.0 Å². The highest BCUT2D eigenvalue weighted by Gasteiger charge is 2.37. The molecule has 0 spiro atoms. The summed E-state index contributed by atoms with van der Waals surface area (Å²) >= 11 is 0. The lowest BCUT2D eigenvalue weighted by molar-refractivity contribution is -0.149. The summed E-state index contributed by atoms with van der Waals surface area (Å²) in [4.78, 5) is 38.0. The predicted molar refractivity (Wildman–Crippen MR) is 111 cm³/mol. The Bertz CT molecular complexity index is 1310. The summed E-state index contributed by atoms with van der Waals surface area (Å²) in [7, 11) is 0. The van der Waals surface area contributed by atoms with E-state index in [1.165, 1.54) is 30.3 Å². The van der Waals surface area contributed by atoms with Gasteiger partial charge < -0.3 is 19.2 Å². The van der Waals surface area contributed by atoms with Crippen LogP contribution < -0.4 is 10.5 Å². The molecule has 0 bridgehead atoms. The summed E-state index contributed by atoms with van der Waals surface area (Å²) in [6.45, 7) is 1.17. The number of aryl methyl sites for hydroxylation is 1. The Kier molecular flexibility index (Phi) is 5.61. The molecule has 7 nitrogen and oxygen atoms in total. The Labute approximate surface area is 185 Å². The minimum Gasteiger partial charge on any atom is -0.508 e. The predicted octanol–water partition coefficient (Wildman–Crippen LogP) is 3.92. The monoisotopic (exact) mass is 461 g/mol. The number of alkyl halides is 3. The number of phenols is 1. The molecule has 1 aliphatic heterocycles. The van der Waals surface area contributed by atoms with E-state index < -0.39 is 35.2 Å². The minimum absolute atomic E-state index is 0.0482. The van der Waals surface area contributed by atoms with Gasteiger partial charge in [-0.25, -0.2) is 4.79 Å². The van der Waals surface area contributed by atoms with Gasteiger partial charge in [0, 0.05) is 41.2 Å². The van der Waals surface area contributed by atoms with Crippen molar-refractivity contribution in [3.8, 4) is 5.75 Å². The zero-order valence-electron chi connectivity index (χ0n) is 17.3. The molecular formula is C23H18F3NO6. The van der Waals surface area contributed by atoms with Crippen molar-refractivity contribution in [2.75, 3.05) is 11.4 Å². The molecule has 1 amide bonds. The van der Waals surface area contributed by atoms with E-state index in [-0.39, 0.29) is 36.6 Å². The number of anilines is 1. The van der Waals surface area contributed by atoms with Gasteiger partial charge in [0.05, 0.1) is 11.5 Å². The summed E-state index contributed by atoms with van der Waals surface area (Å²) in [5, 5.41) is 10.3. The first-order chi connectivity index (χ1) is 15.5. The molecule has 0 saturated carbocycles. The van der Waals surface area contributed by atoms with Crippen LogP contribution in [0.15, 0.2) is 51.7 Å². The number of carbonyl (C=O) groups excluding carboxylic acids is 2. The maximum Gasteiger partial charge on any atom is 0.416 e. The van der Waals surface area contributed by atoms with Gasteiger partial charge in [0.2, 0.25) is 5.91 Å². The zero-order valence-corrected chi connectivity index (χ0v) is 17.3. The third-order valence-corrected chi connectivity index (χ3v) is 5.53. The van der Waals surface area contributed by atoms with Crippen LogP contribution in [0, 0.1) is 12.8 Å². The zero-order chi connectivity index (χ0) is 23.9. The van der Waals surface area contributed by atoms with Crippen LogP contribution in [0.4, 0.5) is 18.9 Å². The molecule has 1 aromatic heterocycles. The second-order valence-corrected chi connectivity index (χ2v) is 7.74. The summed E-state index contributed by atoms with van der Waals surface area (Å²) < 4.78 is 49.4. The largest absolute Gasteiger partial charge is 0.508 e. The molecule has 1 fully saturated rings. The lowest BCUT2D eigenvalue weighted by Gasteiger charge is -2.18. The van der Waals surface area contributed by atoms with E-state index in [4.69, 9.17) is 9.15 Å². The number of phenolic OH excluding ortho intramolecular Hbond substituents is 1. The normalized spacial score (nSPS) is 16.4. The molecule has 172 valence electrons. The molecule has 1 atom stereocenters. The molecule has 1 aliphatic rings. The molecule has 1 N–H and O–H groups in total. The van der Waals surface area contributed by atoms with Gasteiger partial charge in [0.15, 0.2) is 0 Å². The minimum atomic E-state index is -4.56. The third-order valence-electron chi connectivity index (χ3n) is 5.53. The highest BCUT2D eigenvalue weighted by Crippen LogP contribution is 2.34. The van der Waals surface area contributed by atoms with Crippen molar-refractivity contribution in [3.63, 3.8) is 0 Å². The van der Waals surface area contributed by atoms with Crippen molar-refractivity contribution < 1.29 is 37.0 Å². The highest BCUT2D eigenvalue weighted by atomic mass is 19.4. The van der Waals surface area contributed by atoms with Crippen molar-refractivity contribution in [3.05, 3.63) is 69.6 Å². The maximum absolute atomic E-state index is 13.0. The summed E-state index contributed by atoms with van der Waals surface area (Å²) in [6.07, 6.45) is -4.77. The molecule has 0 aliphatic carbocycles. The van der Waals surface area contributed by atoms with Gasteiger partial charge in [0.25, 0.3) is 0 Å². The number of halogens is 3. The standard InChI is InChI=1S/C23H18F3NO6/c1-12-18(28)6-5-17-14(8-20(30)33-21(12)17)11-32-22(31)13-7-19(29)27(10-13)16-4-2-3-15(9-16)23(24,25)26/h2-6,8-9,13,28H,7,10-11H2,1H3/t13-/m1/s1. The Morgan fingerprint density at radius 2 is 1.97 bits per heavy atom. The first-order valence-electron chi connectivity index (χ1n) is 9.94. The summed E-state index contributed by atoms with van der Waals surface area (Å²) in [5.41, 5.74) is -0.649. The Morgan fingerprint density at radius 3 is 2.70 bits per heavy atom. The van der Waals surface area contributed by atoms with Crippen molar-refractivity contribution in [2.24, 2.45) is 5.92 Å². The fourth-order valence-electron chi connectivity index (χ4n) is 3.77. The number of esters is 1. The van der Waals surface area contributed by atoms with Crippen LogP contribution in [0.1, 0.15) is 23.1 Å². The molecule has 1 saturated heterocycles. The van der Waals surface area contributed by atoms with E-state index in [1.54, 1.807) is 6.92 Å². The van der Waals surface area contributed by atoms with Crippen molar-refractivity contribution in [2.45, 2.75) is 26.1 Å². The van der Waals surface area contributed by atoms with Gasteiger partial charge in [-0.15, -0.1) is 0 Å². The number of ether oxygens (including phenoxy) is 1. The van der Waals surface area contributed by atoms with Gasteiger partial charge in [-0.05, 0) is 37.3 Å². The first-order valence-corrected chi connectivity index (χ1v) is 9.94. The van der Waals surface area contributed by atoms with Crippen LogP contribution in [-0.4, -0.2) is 23.5 Å². The molecular weight excluding hydrogens is 443 g/mol. The Morgan fingerprint density at radius 1 is 1.21 bits per heavy atom. The molecule has 3 aromatic rings.